The number of aryl methyl sites for hydroxylation is 1. The summed E-state index contributed by atoms with van der Waals surface area (Å²) in [6, 6.07) is 11.1. The normalized spacial score (nSPS) is 10.7. The first-order chi connectivity index (χ1) is 15.3. The van der Waals surface area contributed by atoms with Crippen molar-refractivity contribution in [3.63, 3.8) is 0 Å². The summed E-state index contributed by atoms with van der Waals surface area (Å²) in [6.07, 6.45) is 10.2. The van der Waals surface area contributed by atoms with E-state index in [-0.39, 0.29) is 0 Å². The molecule has 0 aliphatic rings. The molecule has 3 aromatic heterocycles. The van der Waals surface area contributed by atoms with Crippen molar-refractivity contribution in [3.8, 4) is 0 Å². The summed E-state index contributed by atoms with van der Waals surface area (Å²) in [5, 5.41) is 13.7. The van der Waals surface area contributed by atoms with Gasteiger partial charge < -0.3 is 16.0 Å². The number of nitrogens with one attached hydrogen (secondary N) is 3. The summed E-state index contributed by atoms with van der Waals surface area (Å²) < 4.78 is 1.71. The molecule has 4 aromatic rings. The maximum Gasteiger partial charge on any atom is 0.233 e. The third-order valence-electron chi connectivity index (χ3n) is 4.75. The molecular weight excluding hydrogens is 392 g/mol. The zero-order valence-corrected chi connectivity index (χ0v) is 17.2. The highest BCUT2D eigenvalue weighted by atomic mass is 16.1. The number of aromatic nitrogens is 5. The van der Waals surface area contributed by atoms with Crippen molar-refractivity contribution in [2.45, 2.75) is 32.6 Å². The molecule has 9 nitrogen and oxygen atoms in total. The molecule has 3 N–H and O–H groups in total. The first-order valence-corrected chi connectivity index (χ1v) is 10.3. The Labute approximate surface area is 180 Å². The summed E-state index contributed by atoms with van der Waals surface area (Å²) in [7, 11) is 0. The van der Waals surface area contributed by atoms with Crippen LogP contribution in [0.15, 0.2) is 55.0 Å². The fourth-order valence-corrected chi connectivity index (χ4v) is 3.25. The van der Waals surface area contributed by atoms with Crippen LogP contribution in [-0.4, -0.2) is 31.0 Å². The molecule has 1 aromatic carbocycles. The van der Waals surface area contributed by atoms with E-state index in [2.05, 4.69) is 37.9 Å². The van der Waals surface area contributed by atoms with Gasteiger partial charge in [0.1, 0.15) is 0 Å². The number of benzene rings is 1. The van der Waals surface area contributed by atoms with Crippen LogP contribution in [0.2, 0.25) is 0 Å². The highest BCUT2D eigenvalue weighted by Gasteiger charge is 2.14. The smallest absolute Gasteiger partial charge is 0.233 e. The zero-order valence-electron chi connectivity index (χ0n) is 17.2. The van der Waals surface area contributed by atoms with Gasteiger partial charge in [0.25, 0.3) is 0 Å². The number of amides is 1. The van der Waals surface area contributed by atoms with Crippen LogP contribution < -0.4 is 16.0 Å². The lowest BCUT2D eigenvalue weighted by atomic mass is 10.1. The standard InChI is InChI=1S/C22H24N8O/c1-2-3-4-7-16-13-25-30-20(16)28-21(26-18-9-5-8-17(12-18)24-15-31)29-22(30)27-19-10-6-11-23-14-19/h5-6,8-15H,2-4,7H2,1H3,(H,24,31)(H2,26,27,28,29). The molecule has 0 fully saturated rings. The number of hydrogen-bond acceptors (Lipinski definition) is 7. The fourth-order valence-electron chi connectivity index (χ4n) is 3.25. The molecule has 0 saturated carbocycles. The Kier molecular flexibility index (Phi) is 6.32. The molecule has 9 heteroatoms. The number of unbranched alkanes of at least 4 members (excludes halogenated alkanes) is 2. The lowest BCUT2D eigenvalue weighted by Gasteiger charge is -2.11. The van der Waals surface area contributed by atoms with E-state index in [0.29, 0.717) is 24.0 Å². The van der Waals surface area contributed by atoms with E-state index in [9.17, 15) is 4.79 Å². The van der Waals surface area contributed by atoms with Crippen LogP contribution in [0.5, 0.6) is 0 Å². The second-order valence-corrected chi connectivity index (χ2v) is 7.07. The number of fused-ring (bicyclic) bond motifs is 1. The lowest BCUT2D eigenvalue weighted by Crippen LogP contribution is -2.08. The fraction of sp³-hybridized carbons (Fsp3) is 0.227. The van der Waals surface area contributed by atoms with Gasteiger partial charge in [-0.15, -0.1) is 0 Å². The zero-order chi connectivity index (χ0) is 21.5. The van der Waals surface area contributed by atoms with Crippen molar-refractivity contribution in [1.29, 1.82) is 0 Å². The van der Waals surface area contributed by atoms with E-state index >= 15 is 0 Å². The summed E-state index contributed by atoms with van der Waals surface area (Å²) in [5.74, 6) is 0.962. The molecule has 0 bridgehead atoms. The van der Waals surface area contributed by atoms with E-state index < -0.39 is 0 Å². The van der Waals surface area contributed by atoms with E-state index in [1.54, 1.807) is 16.9 Å². The summed E-state index contributed by atoms with van der Waals surface area (Å²) in [5.41, 5.74) is 4.07. The minimum absolute atomic E-state index is 0.430. The molecule has 0 spiro atoms. The molecule has 0 atom stereocenters. The van der Waals surface area contributed by atoms with Gasteiger partial charge in [0.05, 0.1) is 18.1 Å². The maximum atomic E-state index is 10.7. The predicted octanol–water partition coefficient (Wildman–Crippen LogP) is 4.31. The predicted molar refractivity (Wildman–Crippen MR) is 121 cm³/mol. The summed E-state index contributed by atoms with van der Waals surface area (Å²) in [6.45, 7) is 2.18. The van der Waals surface area contributed by atoms with Crippen molar-refractivity contribution in [2.75, 3.05) is 16.0 Å². The number of anilines is 5. The van der Waals surface area contributed by atoms with Crippen LogP contribution in [0.4, 0.5) is 29.0 Å². The van der Waals surface area contributed by atoms with Crippen molar-refractivity contribution in [3.05, 3.63) is 60.6 Å². The van der Waals surface area contributed by atoms with E-state index in [1.807, 2.05) is 42.6 Å². The molecule has 0 aliphatic heterocycles. The van der Waals surface area contributed by atoms with Gasteiger partial charge in [-0.3, -0.25) is 9.78 Å². The highest BCUT2D eigenvalue weighted by molar-refractivity contribution is 5.74. The molecule has 0 saturated heterocycles. The van der Waals surface area contributed by atoms with E-state index in [0.717, 1.165) is 48.3 Å². The van der Waals surface area contributed by atoms with Gasteiger partial charge in [-0.2, -0.15) is 19.6 Å². The van der Waals surface area contributed by atoms with Crippen LogP contribution in [0.25, 0.3) is 5.65 Å². The molecule has 0 radical (unpaired) electrons. The second-order valence-electron chi connectivity index (χ2n) is 7.07. The minimum Gasteiger partial charge on any atom is -0.329 e. The molecule has 0 aliphatic carbocycles. The summed E-state index contributed by atoms with van der Waals surface area (Å²) in [4.78, 5) is 24.2. The van der Waals surface area contributed by atoms with Gasteiger partial charge in [-0.25, -0.2) is 0 Å². The Balaban J connectivity index is 1.70. The first kappa shape index (κ1) is 20.3. The van der Waals surface area contributed by atoms with Gasteiger partial charge in [0, 0.05) is 23.1 Å². The molecule has 1 amide bonds. The number of rotatable bonds is 10. The number of carbonyl (C=O) groups excluding carboxylic acids is 1. The van der Waals surface area contributed by atoms with Gasteiger partial charge >= 0.3 is 0 Å². The summed E-state index contributed by atoms with van der Waals surface area (Å²) >= 11 is 0. The second kappa shape index (κ2) is 9.66. The average molecular weight is 416 g/mol. The molecule has 31 heavy (non-hydrogen) atoms. The van der Waals surface area contributed by atoms with Crippen molar-refractivity contribution >= 4 is 41.0 Å². The molecular formula is C22H24N8O. The number of carbonyl (C=O) groups is 1. The third-order valence-corrected chi connectivity index (χ3v) is 4.75. The highest BCUT2D eigenvalue weighted by Crippen LogP contribution is 2.23. The van der Waals surface area contributed by atoms with Crippen LogP contribution in [0.3, 0.4) is 0 Å². The molecule has 3 heterocycles. The van der Waals surface area contributed by atoms with Gasteiger partial charge in [-0.05, 0) is 43.2 Å². The molecule has 4 rings (SSSR count). The van der Waals surface area contributed by atoms with Crippen LogP contribution in [0, 0.1) is 0 Å². The quantitative estimate of drug-likeness (QED) is 0.261. The average Bonchev–Trinajstić information content (AvgIpc) is 3.18. The Hall–Kier alpha value is -4.01. The van der Waals surface area contributed by atoms with E-state index in [4.69, 9.17) is 4.98 Å². The minimum atomic E-state index is 0.430. The SMILES string of the molecule is CCCCCc1cnn2c(Nc3cccnc3)nc(Nc3cccc(NC=O)c3)nc12. The molecule has 0 unspecified atom stereocenters. The van der Waals surface area contributed by atoms with Crippen LogP contribution >= 0.6 is 0 Å². The Morgan fingerprint density at radius 2 is 1.87 bits per heavy atom. The van der Waals surface area contributed by atoms with Gasteiger partial charge in [0.15, 0.2) is 5.65 Å². The van der Waals surface area contributed by atoms with Crippen LogP contribution in [0.1, 0.15) is 31.7 Å². The van der Waals surface area contributed by atoms with Gasteiger partial charge in [-0.1, -0.05) is 25.8 Å². The third kappa shape index (κ3) is 4.95. The van der Waals surface area contributed by atoms with Gasteiger partial charge in [0.2, 0.25) is 18.3 Å². The molecule has 158 valence electrons. The topological polar surface area (TPSA) is 109 Å². The monoisotopic (exact) mass is 416 g/mol. The van der Waals surface area contributed by atoms with Crippen molar-refractivity contribution < 1.29 is 4.79 Å². The lowest BCUT2D eigenvalue weighted by molar-refractivity contribution is -0.105. The first-order valence-electron chi connectivity index (χ1n) is 10.3. The van der Waals surface area contributed by atoms with Crippen LogP contribution in [-0.2, 0) is 11.2 Å². The van der Waals surface area contributed by atoms with Crippen molar-refractivity contribution in [1.82, 2.24) is 24.6 Å². The Morgan fingerprint density at radius 3 is 2.68 bits per heavy atom. The maximum absolute atomic E-state index is 10.7. The Bertz CT molecular complexity index is 1160. The van der Waals surface area contributed by atoms with E-state index in [1.165, 1.54) is 0 Å². The Morgan fingerprint density at radius 1 is 1.00 bits per heavy atom. The largest absolute Gasteiger partial charge is 0.329 e. The van der Waals surface area contributed by atoms with Crippen molar-refractivity contribution in [2.24, 2.45) is 0 Å². The number of hydrogen-bond donors (Lipinski definition) is 3. The number of pyridine rings is 1. The number of nitrogens with zero attached hydrogens (tertiary/aromatic N) is 5.